The van der Waals surface area contributed by atoms with Crippen LogP contribution in [-0.2, 0) is 20.0 Å². The largest absolute Gasteiger partial charge is 0.370 e. The molecule has 0 unspecified atom stereocenters. The maximum absolute atomic E-state index is 12.7. The Kier molecular flexibility index (Phi) is 29.9. The first-order valence-corrected chi connectivity index (χ1v) is 42.6. The molecule has 0 atom stereocenters. The van der Waals surface area contributed by atoms with Crippen LogP contribution in [0.2, 0.25) is 40.2 Å². The van der Waals surface area contributed by atoms with Gasteiger partial charge in [0, 0.05) is 115 Å². The third kappa shape index (κ3) is 24.3. The topological polar surface area (TPSA) is 419 Å². The molecule has 9 N–H and O–H groups in total. The van der Waals surface area contributed by atoms with Gasteiger partial charge in [0.15, 0.2) is 34.9 Å². The molecule has 9 aromatic heterocycles. The van der Waals surface area contributed by atoms with Crippen molar-refractivity contribution >= 4 is 192 Å². The summed E-state index contributed by atoms with van der Waals surface area (Å²) >= 11 is 49.2. The van der Waals surface area contributed by atoms with Gasteiger partial charge in [-0.05, 0) is 178 Å². The Hall–Kier alpha value is -12.7. The fourth-order valence-electron chi connectivity index (χ4n) is 11.2. The van der Waals surface area contributed by atoms with E-state index in [2.05, 4.69) is 117 Å². The number of hydrogen-bond acceptors (Lipinski definition) is 26. The van der Waals surface area contributed by atoms with Crippen molar-refractivity contribution in [2.45, 2.75) is 26.7 Å². The number of anilines is 8. The zero-order chi connectivity index (χ0) is 85.6. The number of pyridine rings is 4. The van der Waals surface area contributed by atoms with Gasteiger partial charge in [-0.25, -0.2) is 71.7 Å². The average molecular weight is 1810 g/mol. The van der Waals surface area contributed by atoms with Crippen LogP contribution in [-0.4, -0.2) is 125 Å². The van der Waals surface area contributed by atoms with Gasteiger partial charge >= 0.3 is 0 Å². The van der Waals surface area contributed by atoms with E-state index in [1.807, 2.05) is 68.5 Å². The Morgan fingerprint density at radius 3 is 1.29 bits per heavy atom. The SMILES string of the molecule is Cc1nc(-c2ccc(Cl)cc2Cl)nc(NCCCCNc2ccc(C#N)cn2)c1C.Clc1ccc(-c2nc(NCCNc3ccn[nH]3)c3ncccc3n2)c(Cl)c1.N#Cc1ccc(NCS(=O)(=O)Nc2nc(-c3ccc(Cl)cc3Cl)nc3ccccc23)nc1.N#Cc1ccc(NS(=O)(=O)CNc2nc(-c3ccc(Cl)cc3Cl)nc3ccccc23)nc1. The number of sulfonamides is 2. The van der Waals surface area contributed by atoms with Crippen LogP contribution in [0.3, 0.4) is 0 Å². The predicted molar refractivity (Wildman–Crippen MR) is 480 cm³/mol. The Morgan fingerprint density at radius 1 is 0.372 bits per heavy atom. The normalized spacial score (nSPS) is 10.9. The highest BCUT2D eigenvalue weighted by Crippen LogP contribution is 2.36. The van der Waals surface area contributed by atoms with E-state index in [0.717, 1.165) is 65.7 Å². The van der Waals surface area contributed by atoms with Crippen LogP contribution in [0.4, 0.5) is 46.5 Å². The monoisotopic (exact) mass is 1810 g/mol. The molecule has 0 spiro atoms. The lowest BCUT2D eigenvalue weighted by Crippen LogP contribution is -2.23. The lowest BCUT2D eigenvalue weighted by molar-refractivity contribution is 0.601. The maximum atomic E-state index is 12.7. The van der Waals surface area contributed by atoms with E-state index < -0.39 is 31.8 Å². The molecule has 0 saturated heterocycles. The number of benzene rings is 6. The summed E-state index contributed by atoms with van der Waals surface area (Å²) in [7, 11) is -7.69. The summed E-state index contributed by atoms with van der Waals surface area (Å²) < 4.78 is 55.5. The van der Waals surface area contributed by atoms with Crippen molar-refractivity contribution in [3.63, 3.8) is 0 Å². The molecular formula is C82H65Cl8N25O4S2. The molecule has 121 heavy (non-hydrogen) atoms. The van der Waals surface area contributed by atoms with E-state index in [4.69, 9.17) is 109 Å². The summed E-state index contributed by atoms with van der Waals surface area (Å²) in [5, 5.41) is 57.0. The van der Waals surface area contributed by atoms with Crippen LogP contribution in [0.1, 0.15) is 40.8 Å². The lowest BCUT2D eigenvalue weighted by Gasteiger charge is -2.13. The number of aromatic nitrogens is 14. The molecule has 15 rings (SSSR count). The lowest BCUT2D eigenvalue weighted by atomic mass is 10.1. The number of hydrogen-bond donors (Lipinski definition) is 9. The van der Waals surface area contributed by atoms with Crippen LogP contribution < -0.4 is 41.3 Å². The molecule has 6 aromatic carbocycles. The number of fused-ring (bicyclic) bond motifs is 3. The number of nitrogens with zero attached hydrogens (tertiary/aromatic N) is 16. The van der Waals surface area contributed by atoms with Gasteiger partial charge in [-0.15, -0.1) is 0 Å². The second kappa shape index (κ2) is 41.3. The number of unbranched alkanes of at least 4 members (excludes halogenated alkanes) is 1. The van der Waals surface area contributed by atoms with Crippen molar-refractivity contribution < 1.29 is 16.8 Å². The Labute approximate surface area is 733 Å². The van der Waals surface area contributed by atoms with Crippen molar-refractivity contribution in [3.05, 3.63) is 275 Å². The number of aryl methyl sites for hydroxylation is 1. The van der Waals surface area contributed by atoms with Crippen molar-refractivity contribution in [2.75, 3.05) is 79.3 Å². The van der Waals surface area contributed by atoms with E-state index in [-0.39, 0.29) is 17.5 Å². The summed E-state index contributed by atoms with van der Waals surface area (Å²) in [6.45, 7) is 6.86. The fourth-order valence-corrected chi connectivity index (χ4v) is 14.9. The van der Waals surface area contributed by atoms with Gasteiger partial charge in [-0.1, -0.05) is 117 Å². The van der Waals surface area contributed by atoms with Gasteiger partial charge in [0.2, 0.25) is 0 Å². The van der Waals surface area contributed by atoms with Crippen LogP contribution in [0.15, 0.2) is 207 Å². The van der Waals surface area contributed by atoms with Crippen LogP contribution in [0, 0.1) is 47.8 Å². The van der Waals surface area contributed by atoms with Gasteiger partial charge < -0.3 is 31.9 Å². The third-order valence-corrected chi connectivity index (χ3v) is 21.5. The standard InChI is InChI=1S/C22H22Cl2N6.2C21H14Cl2N6O2S.C18H15Cl2N7/c1-14-15(2)29-22(18-7-6-17(23)11-19(18)24)30-21(14)27-10-4-3-9-26-20-8-5-16(12-25)13-28-20;22-14-6-7-15(17(23)9-14)21-27-18-4-2-1-3-16(18)20(28-21)26-12-32(30,31)29-19-8-5-13(10-24)11-25-19;22-14-6-7-15(17(23)9-14)20-27-18-4-2-1-3-16(18)21(28-20)29-32(30,31)12-26-19-8-5-13(10-24)11-25-19;19-11-3-4-12(13(20)10-11)17-25-14-2-1-6-22-16(14)18(26-17)23-9-8-21-15-5-7-24-27-15/h5-8,11,13H,3-4,9-10H2,1-2H3,(H,26,28)(H,27,29,30);1-9,11H,12H2,(H,25,29)(H,26,27,28);1-9,11H,12H2,(H,25,26)(H,27,28,29);1-7,10H,8-9H2,(H2,21,24,27)(H,23,25,26). The summed E-state index contributed by atoms with van der Waals surface area (Å²) in [5.74, 6) is 4.70. The van der Waals surface area contributed by atoms with Gasteiger partial charge in [0.05, 0.1) is 59.5 Å². The minimum atomic E-state index is -3.87. The van der Waals surface area contributed by atoms with Crippen LogP contribution in [0.5, 0.6) is 0 Å². The summed E-state index contributed by atoms with van der Waals surface area (Å²) in [4.78, 5) is 53.0. The van der Waals surface area contributed by atoms with Crippen LogP contribution in [0.25, 0.3) is 78.4 Å². The van der Waals surface area contributed by atoms with Crippen molar-refractivity contribution in [1.29, 1.82) is 15.8 Å². The highest BCUT2D eigenvalue weighted by molar-refractivity contribution is 7.93. The van der Waals surface area contributed by atoms with Gasteiger partial charge in [-0.3, -0.25) is 19.5 Å². The average Bonchev–Trinajstić information content (AvgIpc) is 0.862. The number of halogens is 8. The summed E-state index contributed by atoms with van der Waals surface area (Å²) in [5.41, 5.74) is 8.32. The minimum absolute atomic E-state index is 0.104. The van der Waals surface area contributed by atoms with E-state index in [0.29, 0.717) is 149 Å². The van der Waals surface area contributed by atoms with E-state index in [1.54, 1.807) is 128 Å². The first kappa shape index (κ1) is 87.6. The number of aromatic amines is 1. The second-order valence-corrected chi connectivity index (χ2v) is 32.6. The smallest absolute Gasteiger partial charge is 0.252 e. The number of nitriles is 3. The Balaban J connectivity index is 0.000000148. The molecular weight excluding hydrogens is 1750 g/mol. The first-order valence-electron chi connectivity index (χ1n) is 36.2. The van der Waals surface area contributed by atoms with Crippen molar-refractivity contribution in [1.82, 2.24) is 70.0 Å². The second-order valence-electron chi connectivity index (χ2n) is 25.8. The molecule has 0 saturated carbocycles. The van der Waals surface area contributed by atoms with E-state index >= 15 is 0 Å². The molecule has 39 heteroatoms. The Bertz CT molecular complexity index is 6620. The van der Waals surface area contributed by atoms with Crippen LogP contribution >= 0.6 is 92.8 Å². The molecule has 9 heterocycles. The predicted octanol–water partition coefficient (Wildman–Crippen LogP) is 19.2. The minimum Gasteiger partial charge on any atom is -0.370 e. The number of rotatable bonds is 26. The molecule has 0 fully saturated rings. The molecule has 0 aliphatic rings. The number of para-hydroxylation sites is 2. The molecule has 0 amide bonds. The zero-order valence-corrected chi connectivity index (χ0v) is 71.1. The van der Waals surface area contributed by atoms with Gasteiger partial charge in [-0.2, -0.15) is 20.9 Å². The van der Waals surface area contributed by atoms with Crippen molar-refractivity contribution in [3.8, 4) is 63.8 Å². The molecule has 0 radical (unpaired) electrons. The quantitative estimate of drug-likeness (QED) is 0.0227. The zero-order valence-electron chi connectivity index (χ0n) is 63.4. The molecule has 29 nitrogen and oxygen atoms in total. The molecule has 610 valence electrons. The molecule has 0 aliphatic carbocycles. The molecule has 0 bridgehead atoms. The van der Waals surface area contributed by atoms with Gasteiger partial charge in [0.25, 0.3) is 20.0 Å². The summed E-state index contributed by atoms with van der Waals surface area (Å²) in [6, 6.07) is 55.7. The first-order chi connectivity index (χ1) is 58.4. The highest BCUT2D eigenvalue weighted by atomic mass is 35.5. The Morgan fingerprint density at radius 2 is 0.793 bits per heavy atom. The highest BCUT2D eigenvalue weighted by Gasteiger charge is 2.22. The van der Waals surface area contributed by atoms with E-state index in [9.17, 15) is 16.8 Å². The van der Waals surface area contributed by atoms with E-state index in [1.165, 1.54) is 36.7 Å². The summed E-state index contributed by atoms with van der Waals surface area (Å²) in [6.07, 6.45) is 9.54. The molecule has 15 aromatic rings. The maximum Gasteiger partial charge on any atom is 0.252 e. The van der Waals surface area contributed by atoms with Crippen molar-refractivity contribution in [2.24, 2.45) is 0 Å². The number of H-pyrrole nitrogens is 1. The number of nitrogens with one attached hydrogen (secondary N) is 9. The third-order valence-electron chi connectivity index (χ3n) is 17.2. The molecule has 0 aliphatic heterocycles. The fraction of sp³-hybridized carbons (Fsp3) is 0.122. The van der Waals surface area contributed by atoms with Gasteiger partial charge in [0.1, 0.15) is 70.4 Å².